The number of hydrogen-bond donors (Lipinski definition) is 2. The summed E-state index contributed by atoms with van der Waals surface area (Å²) in [6, 6.07) is -0.598. The number of hydrogen-bond acceptors (Lipinski definition) is 5. The van der Waals surface area contributed by atoms with Crippen LogP contribution in [0.15, 0.2) is 12.4 Å². The average molecular weight is 347 g/mol. The summed E-state index contributed by atoms with van der Waals surface area (Å²) in [4.78, 5) is 32.1. The highest BCUT2D eigenvalue weighted by Crippen LogP contribution is 2.17. The Labute approximate surface area is 135 Å². The monoisotopic (exact) mass is 347 g/mol. The molecule has 11 heteroatoms. The highest BCUT2D eigenvalue weighted by molar-refractivity contribution is 5.88. The van der Waals surface area contributed by atoms with E-state index >= 15 is 0 Å². The summed E-state index contributed by atoms with van der Waals surface area (Å²) in [7, 11) is 1.68. The third-order valence-corrected chi connectivity index (χ3v) is 3.21. The van der Waals surface area contributed by atoms with Crippen LogP contribution in [0.25, 0.3) is 0 Å². The van der Waals surface area contributed by atoms with E-state index in [1.165, 1.54) is 6.20 Å². The highest BCUT2D eigenvalue weighted by Gasteiger charge is 2.29. The SMILES string of the molecule is CN1CC(CNC(=O)Nc2cncc(OCC(F)(F)F)n2)CC1=O. The number of carbonyl (C=O) groups is 2. The van der Waals surface area contributed by atoms with E-state index in [2.05, 4.69) is 25.3 Å². The molecule has 1 aromatic rings. The van der Waals surface area contributed by atoms with Crippen molar-refractivity contribution in [2.45, 2.75) is 12.6 Å². The van der Waals surface area contributed by atoms with Gasteiger partial charge in [0.15, 0.2) is 12.4 Å². The van der Waals surface area contributed by atoms with Gasteiger partial charge >= 0.3 is 12.2 Å². The maximum atomic E-state index is 12.1. The molecular formula is C13H16F3N5O3. The molecule has 3 amide bonds. The minimum Gasteiger partial charge on any atom is -0.467 e. The normalized spacial score (nSPS) is 17.8. The van der Waals surface area contributed by atoms with Crippen LogP contribution in [0.2, 0.25) is 0 Å². The number of aromatic nitrogens is 2. The van der Waals surface area contributed by atoms with E-state index in [-0.39, 0.29) is 23.5 Å². The Kier molecular flexibility index (Phi) is 5.42. The average Bonchev–Trinajstić information content (AvgIpc) is 2.82. The fraction of sp³-hybridized carbons (Fsp3) is 0.538. The van der Waals surface area contributed by atoms with Crippen molar-refractivity contribution in [3.05, 3.63) is 12.4 Å². The second-order valence-electron chi connectivity index (χ2n) is 5.33. The number of likely N-dealkylation sites (tertiary alicyclic amines) is 1. The van der Waals surface area contributed by atoms with Crippen LogP contribution < -0.4 is 15.4 Å². The summed E-state index contributed by atoms with van der Waals surface area (Å²) >= 11 is 0. The van der Waals surface area contributed by atoms with E-state index < -0.39 is 18.8 Å². The van der Waals surface area contributed by atoms with Crippen molar-refractivity contribution in [3.63, 3.8) is 0 Å². The van der Waals surface area contributed by atoms with E-state index in [0.717, 1.165) is 6.20 Å². The topological polar surface area (TPSA) is 96.5 Å². The van der Waals surface area contributed by atoms with Crippen LogP contribution in [0.3, 0.4) is 0 Å². The van der Waals surface area contributed by atoms with Crippen molar-refractivity contribution < 1.29 is 27.5 Å². The molecule has 1 atom stereocenters. The number of nitrogens with one attached hydrogen (secondary N) is 2. The van der Waals surface area contributed by atoms with Gasteiger partial charge in [-0.05, 0) is 0 Å². The molecule has 1 aliphatic rings. The van der Waals surface area contributed by atoms with Gasteiger partial charge in [0, 0.05) is 32.5 Å². The molecule has 8 nitrogen and oxygen atoms in total. The largest absolute Gasteiger partial charge is 0.467 e. The first-order valence-corrected chi connectivity index (χ1v) is 7.03. The summed E-state index contributed by atoms with van der Waals surface area (Å²) in [5.41, 5.74) is 0. The molecule has 2 heterocycles. The lowest BCUT2D eigenvalue weighted by molar-refractivity contribution is -0.154. The van der Waals surface area contributed by atoms with Gasteiger partial charge in [-0.25, -0.2) is 4.79 Å². The Hall–Kier alpha value is -2.59. The molecule has 0 bridgehead atoms. The molecule has 1 fully saturated rings. The van der Waals surface area contributed by atoms with Gasteiger partial charge in [-0.3, -0.25) is 15.1 Å². The Morgan fingerprint density at radius 3 is 2.83 bits per heavy atom. The number of carbonyl (C=O) groups excluding carboxylic acids is 2. The number of anilines is 1. The molecule has 0 aliphatic carbocycles. The molecule has 1 aromatic heterocycles. The van der Waals surface area contributed by atoms with Crippen LogP contribution in [-0.2, 0) is 4.79 Å². The van der Waals surface area contributed by atoms with E-state index in [9.17, 15) is 22.8 Å². The van der Waals surface area contributed by atoms with Crippen LogP contribution in [-0.4, -0.2) is 59.7 Å². The number of urea groups is 1. The number of nitrogens with zero attached hydrogens (tertiary/aromatic N) is 3. The lowest BCUT2D eigenvalue weighted by Gasteiger charge is -2.12. The molecule has 0 radical (unpaired) electrons. The maximum absolute atomic E-state index is 12.1. The first-order valence-electron chi connectivity index (χ1n) is 7.03. The minimum absolute atomic E-state index is 0.0146. The van der Waals surface area contributed by atoms with Crippen molar-refractivity contribution in [3.8, 4) is 5.88 Å². The summed E-state index contributed by atoms with van der Waals surface area (Å²) in [5.74, 6) is -0.372. The van der Waals surface area contributed by atoms with Crippen molar-refractivity contribution in [1.82, 2.24) is 20.2 Å². The Bertz CT molecular complexity index is 611. The summed E-state index contributed by atoms with van der Waals surface area (Å²) in [6.07, 6.45) is -1.95. The van der Waals surface area contributed by atoms with E-state index in [1.807, 2.05) is 0 Å². The standard InChI is InChI=1S/C13H16F3N5O3/c1-21-6-8(2-11(21)22)3-18-12(23)20-9-4-17-5-10(19-9)24-7-13(14,15)16/h4-5,8H,2-3,6-7H2,1H3,(H2,18,19,20,23). The number of ether oxygens (including phenoxy) is 1. The van der Waals surface area contributed by atoms with Crippen molar-refractivity contribution in [1.29, 1.82) is 0 Å². The van der Waals surface area contributed by atoms with E-state index in [4.69, 9.17) is 0 Å². The molecular weight excluding hydrogens is 331 g/mol. The Balaban J connectivity index is 1.80. The molecule has 1 aliphatic heterocycles. The second kappa shape index (κ2) is 7.32. The predicted molar refractivity (Wildman–Crippen MR) is 76.3 cm³/mol. The fourth-order valence-electron chi connectivity index (χ4n) is 2.12. The number of amides is 3. The van der Waals surface area contributed by atoms with Crippen LogP contribution in [0, 0.1) is 5.92 Å². The highest BCUT2D eigenvalue weighted by atomic mass is 19.4. The molecule has 24 heavy (non-hydrogen) atoms. The van der Waals surface area contributed by atoms with Gasteiger partial charge in [0.1, 0.15) is 0 Å². The van der Waals surface area contributed by atoms with Gasteiger partial charge in [-0.2, -0.15) is 18.2 Å². The zero-order valence-corrected chi connectivity index (χ0v) is 12.8. The smallest absolute Gasteiger partial charge is 0.422 e. The predicted octanol–water partition coefficient (Wildman–Crippen LogP) is 1.02. The van der Waals surface area contributed by atoms with Crippen molar-refractivity contribution in [2.24, 2.45) is 5.92 Å². The van der Waals surface area contributed by atoms with Crippen LogP contribution in [0.4, 0.5) is 23.8 Å². The van der Waals surface area contributed by atoms with Gasteiger partial charge in [0.2, 0.25) is 11.8 Å². The maximum Gasteiger partial charge on any atom is 0.422 e. The van der Waals surface area contributed by atoms with Gasteiger partial charge < -0.3 is 15.0 Å². The van der Waals surface area contributed by atoms with Crippen molar-refractivity contribution >= 4 is 17.8 Å². The summed E-state index contributed by atoms with van der Waals surface area (Å²) in [6.45, 7) is -0.653. The Morgan fingerprint density at radius 2 is 2.21 bits per heavy atom. The van der Waals surface area contributed by atoms with Gasteiger partial charge in [-0.15, -0.1) is 0 Å². The molecule has 2 rings (SSSR count). The molecule has 132 valence electrons. The summed E-state index contributed by atoms with van der Waals surface area (Å²) < 4.78 is 40.7. The number of alkyl halides is 3. The third-order valence-electron chi connectivity index (χ3n) is 3.21. The molecule has 0 spiro atoms. The van der Waals surface area contributed by atoms with Crippen molar-refractivity contribution in [2.75, 3.05) is 32.1 Å². The van der Waals surface area contributed by atoms with E-state index in [0.29, 0.717) is 19.5 Å². The number of rotatable bonds is 5. The van der Waals surface area contributed by atoms with Gasteiger partial charge in [0.25, 0.3) is 0 Å². The molecule has 0 saturated carbocycles. The molecule has 2 N–H and O–H groups in total. The zero-order chi connectivity index (χ0) is 17.7. The fourth-order valence-corrected chi connectivity index (χ4v) is 2.12. The Morgan fingerprint density at radius 1 is 1.46 bits per heavy atom. The third kappa shape index (κ3) is 5.56. The second-order valence-corrected chi connectivity index (χ2v) is 5.33. The molecule has 0 aromatic carbocycles. The lowest BCUT2D eigenvalue weighted by atomic mass is 10.1. The van der Waals surface area contributed by atoms with E-state index in [1.54, 1.807) is 11.9 Å². The zero-order valence-electron chi connectivity index (χ0n) is 12.8. The van der Waals surface area contributed by atoms with Gasteiger partial charge in [0.05, 0.1) is 12.4 Å². The van der Waals surface area contributed by atoms with Crippen LogP contribution >= 0.6 is 0 Å². The van der Waals surface area contributed by atoms with Crippen LogP contribution in [0.5, 0.6) is 5.88 Å². The van der Waals surface area contributed by atoms with Gasteiger partial charge in [-0.1, -0.05) is 0 Å². The van der Waals surface area contributed by atoms with Crippen LogP contribution in [0.1, 0.15) is 6.42 Å². The molecule has 1 unspecified atom stereocenters. The minimum atomic E-state index is -4.49. The summed E-state index contributed by atoms with van der Waals surface area (Å²) in [5, 5.41) is 4.91. The molecule has 1 saturated heterocycles. The quantitative estimate of drug-likeness (QED) is 0.829. The number of halogens is 3. The first kappa shape index (κ1) is 17.8. The first-order chi connectivity index (χ1) is 11.2. The lowest BCUT2D eigenvalue weighted by Crippen LogP contribution is -2.34.